The Balaban J connectivity index is 2.19. The number of hydrogen-bond acceptors (Lipinski definition) is 1. The third-order valence-electron chi connectivity index (χ3n) is 4.27. The number of benzene rings is 1. The summed E-state index contributed by atoms with van der Waals surface area (Å²) in [7, 11) is 0. The molecule has 0 bridgehead atoms. The van der Waals surface area contributed by atoms with E-state index in [-0.39, 0.29) is 5.41 Å². The van der Waals surface area contributed by atoms with Gasteiger partial charge in [-0.3, -0.25) is 0 Å². The molecule has 3 heteroatoms. The van der Waals surface area contributed by atoms with Crippen molar-refractivity contribution >= 4 is 0 Å². The lowest BCUT2D eigenvalue weighted by Crippen LogP contribution is -2.49. The van der Waals surface area contributed by atoms with Gasteiger partial charge in [-0.05, 0) is 36.9 Å². The molecule has 0 radical (unpaired) electrons. The van der Waals surface area contributed by atoms with Crippen molar-refractivity contribution in [2.75, 3.05) is 13.1 Å². The Hall–Kier alpha value is -0.960. The van der Waals surface area contributed by atoms with Crippen LogP contribution in [0.2, 0.25) is 0 Å². The molecule has 0 spiro atoms. The quantitative estimate of drug-likeness (QED) is 0.820. The summed E-state index contributed by atoms with van der Waals surface area (Å²) < 4.78 is 27.1. The van der Waals surface area contributed by atoms with Gasteiger partial charge in [0.25, 0.3) is 0 Å². The largest absolute Gasteiger partial charge is 0.316 e. The fraction of sp³-hybridized carbons (Fsp3) is 0.625. The summed E-state index contributed by atoms with van der Waals surface area (Å²) in [5.41, 5.74) is 0.551. The highest BCUT2D eigenvalue weighted by Gasteiger charge is 2.45. The van der Waals surface area contributed by atoms with Crippen molar-refractivity contribution < 1.29 is 8.78 Å². The second-order valence-electron chi connectivity index (χ2n) is 5.75. The third-order valence-corrected chi connectivity index (χ3v) is 4.27. The van der Waals surface area contributed by atoms with Gasteiger partial charge in [0, 0.05) is 18.0 Å². The molecule has 1 aromatic carbocycles. The van der Waals surface area contributed by atoms with Crippen LogP contribution in [0.3, 0.4) is 0 Å². The van der Waals surface area contributed by atoms with Crippen LogP contribution >= 0.6 is 0 Å². The standard InChI is InChI=1S/C16H23F2N/c1-3-5-12-9-16(10-12,11-19-4-2)14-7-6-13(17)8-15(14)18/h6-8,12,19H,3-5,9-11H2,1-2H3. The molecule has 1 aliphatic rings. The summed E-state index contributed by atoms with van der Waals surface area (Å²) in [6.07, 6.45) is 4.40. The second-order valence-corrected chi connectivity index (χ2v) is 5.75. The number of likely N-dealkylation sites (N-methyl/N-ethyl adjacent to an activating group) is 1. The first-order chi connectivity index (χ1) is 9.11. The average Bonchev–Trinajstić information content (AvgIpc) is 2.33. The van der Waals surface area contributed by atoms with Crippen LogP contribution in [0.1, 0.15) is 45.1 Å². The van der Waals surface area contributed by atoms with E-state index in [2.05, 4.69) is 19.2 Å². The van der Waals surface area contributed by atoms with E-state index in [0.29, 0.717) is 11.5 Å². The molecule has 1 fully saturated rings. The molecule has 1 aliphatic carbocycles. The zero-order valence-corrected chi connectivity index (χ0v) is 11.8. The molecule has 0 aromatic heterocycles. The maximum absolute atomic E-state index is 14.0. The van der Waals surface area contributed by atoms with Gasteiger partial charge in [0.15, 0.2) is 0 Å². The molecule has 106 valence electrons. The van der Waals surface area contributed by atoms with Crippen molar-refractivity contribution in [3.05, 3.63) is 35.4 Å². The van der Waals surface area contributed by atoms with E-state index in [1.807, 2.05) is 0 Å². The summed E-state index contributed by atoms with van der Waals surface area (Å²) in [5.74, 6) is -0.203. The van der Waals surface area contributed by atoms with Crippen LogP contribution in [0.15, 0.2) is 18.2 Å². The monoisotopic (exact) mass is 267 g/mol. The highest BCUT2D eigenvalue weighted by Crippen LogP contribution is 2.49. The number of rotatable bonds is 6. The molecule has 0 atom stereocenters. The highest BCUT2D eigenvalue weighted by molar-refractivity contribution is 5.31. The van der Waals surface area contributed by atoms with Crippen LogP contribution in [0.5, 0.6) is 0 Å². The topological polar surface area (TPSA) is 12.0 Å². The number of halogens is 2. The van der Waals surface area contributed by atoms with Gasteiger partial charge in [-0.1, -0.05) is 32.8 Å². The van der Waals surface area contributed by atoms with Crippen molar-refractivity contribution in [3.8, 4) is 0 Å². The van der Waals surface area contributed by atoms with Crippen molar-refractivity contribution in [3.63, 3.8) is 0 Å². The summed E-state index contributed by atoms with van der Waals surface area (Å²) in [4.78, 5) is 0. The average molecular weight is 267 g/mol. The Morgan fingerprint density at radius 2 is 2.00 bits per heavy atom. The Labute approximate surface area is 114 Å². The van der Waals surface area contributed by atoms with E-state index in [4.69, 9.17) is 0 Å². The molecule has 1 aromatic rings. The first-order valence-corrected chi connectivity index (χ1v) is 7.27. The van der Waals surface area contributed by atoms with Crippen molar-refractivity contribution in [2.24, 2.45) is 5.92 Å². The molecule has 0 aliphatic heterocycles. The lowest BCUT2D eigenvalue weighted by Gasteiger charge is -2.49. The fourth-order valence-electron chi connectivity index (χ4n) is 3.40. The van der Waals surface area contributed by atoms with Gasteiger partial charge in [-0.25, -0.2) is 8.78 Å². The zero-order chi connectivity index (χ0) is 13.9. The van der Waals surface area contributed by atoms with Gasteiger partial charge in [0.05, 0.1) is 0 Å². The first-order valence-electron chi connectivity index (χ1n) is 7.27. The van der Waals surface area contributed by atoms with E-state index in [9.17, 15) is 8.78 Å². The molecule has 1 nitrogen and oxygen atoms in total. The fourth-order valence-corrected chi connectivity index (χ4v) is 3.40. The smallest absolute Gasteiger partial charge is 0.129 e. The van der Waals surface area contributed by atoms with E-state index in [1.165, 1.54) is 18.9 Å². The van der Waals surface area contributed by atoms with E-state index < -0.39 is 11.6 Å². The predicted molar refractivity (Wildman–Crippen MR) is 74.2 cm³/mol. The molecule has 0 amide bonds. The number of hydrogen-bond donors (Lipinski definition) is 1. The highest BCUT2D eigenvalue weighted by atomic mass is 19.1. The minimum atomic E-state index is -0.496. The van der Waals surface area contributed by atoms with Crippen molar-refractivity contribution in [2.45, 2.75) is 44.9 Å². The van der Waals surface area contributed by atoms with Gasteiger partial charge < -0.3 is 5.32 Å². The molecule has 19 heavy (non-hydrogen) atoms. The summed E-state index contributed by atoms with van der Waals surface area (Å²) in [6, 6.07) is 4.01. The van der Waals surface area contributed by atoms with Gasteiger partial charge in [-0.2, -0.15) is 0 Å². The zero-order valence-electron chi connectivity index (χ0n) is 11.8. The van der Waals surface area contributed by atoms with Crippen LogP contribution < -0.4 is 5.32 Å². The van der Waals surface area contributed by atoms with E-state index in [1.54, 1.807) is 6.07 Å². The summed E-state index contributed by atoms with van der Waals surface area (Å²) in [5, 5.41) is 3.33. The normalized spacial score (nSPS) is 26.2. The van der Waals surface area contributed by atoms with Gasteiger partial charge >= 0.3 is 0 Å². The maximum atomic E-state index is 14.0. The van der Waals surface area contributed by atoms with Crippen LogP contribution in [-0.4, -0.2) is 13.1 Å². The molecule has 0 heterocycles. The molecule has 0 saturated heterocycles. The molecule has 0 unspecified atom stereocenters. The van der Waals surface area contributed by atoms with Crippen LogP contribution in [0.4, 0.5) is 8.78 Å². The lowest BCUT2D eigenvalue weighted by molar-refractivity contribution is 0.125. The SMILES string of the molecule is CCCC1CC(CNCC)(c2ccc(F)cc2F)C1. The second kappa shape index (κ2) is 6.00. The summed E-state index contributed by atoms with van der Waals surface area (Å²) >= 11 is 0. The molecular formula is C16H23F2N. The van der Waals surface area contributed by atoms with Crippen molar-refractivity contribution in [1.29, 1.82) is 0 Å². The minimum absolute atomic E-state index is 0.131. The van der Waals surface area contributed by atoms with Crippen LogP contribution in [0.25, 0.3) is 0 Å². The Morgan fingerprint density at radius 3 is 2.58 bits per heavy atom. The predicted octanol–water partition coefficient (Wildman–Crippen LogP) is 4.02. The number of nitrogens with one attached hydrogen (secondary N) is 1. The lowest BCUT2D eigenvalue weighted by atomic mass is 9.57. The van der Waals surface area contributed by atoms with Crippen LogP contribution in [-0.2, 0) is 5.41 Å². The molecule has 1 N–H and O–H groups in total. The van der Waals surface area contributed by atoms with Gasteiger partial charge in [-0.15, -0.1) is 0 Å². The van der Waals surface area contributed by atoms with E-state index in [0.717, 1.165) is 32.0 Å². The molecule has 2 rings (SSSR count). The molecular weight excluding hydrogens is 244 g/mol. The minimum Gasteiger partial charge on any atom is -0.316 e. The van der Waals surface area contributed by atoms with Crippen LogP contribution in [0, 0.1) is 17.6 Å². The maximum Gasteiger partial charge on any atom is 0.129 e. The summed E-state index contributed by atoms with van der Waals surface area (Å²) in [6.45, 7) is 5.90. The first kappa shape index (κ1) is 14.4. The van der Waals surface area contributed by atoms with E-state index >= 15 is 0 Å². The van der Waals surface area contributed by atoms with Crippen molar-refractivity contribution in [1.82, 2.24) is 5.32 Å². The van der Waals surface area contributed by atoms with Gasteiger partial charge in [0.1, 0.15) is 11.6 Å². The van der Waals surface area contributed by atoms with Gasteiger partial charge in [0.2, 0.25) is 0 Å². The molecule has 1 saturated carbocycles. The Bertz CT molecular complexity index is 425. The Kier molecular flexibility index (Phi) is 4.56. The third kappa shape index (κ3) is 2.97. The Morgan fingerprint density at radius 1 is 1.26 bits per heavy atom.